The number of nitrogens with zero attached hydrogens (tertiary/aromatic N) is 3. The van der Waals surface area contributed by atoms with Crippen molar-refractivity contribution >= 4 is 11.7 Å². The number of hydrogen-bond acceptors (Lipinski definition) is 5. The fraction of sp³-hybridized carbons (Fsp3) is 0.308. The maximum atomic E-state index is 13.3. The second kappa shape index (κ2) is 5.68. The van der Waals surface area contributed by atoms with Crippen LogP contribution in [0.4, 0.5) is 10.1 Å². The number of esters is 1. The van der Waals surface area contributed by atoms with E-state index in [1.165, 1.54) is 18.5 Å². The van der Waals surface area contributed by atoms with Gasteiger partial charge in [-0.2, -0.15) is 5.10 Å². The van der Waals surface area contributed by atoms with E-state index in [0.717, 1.165) is 6.07 Å². The Morgan fingerprint density at radius 1 is 1.50 bits per heavy atom. The molecule has 2 aromatic rings. The first-order valence-corrected chi connectivity index (χ1v) is 6.09. The minimum atomic E-state index is -0.648. The van der Waals surface area contributed by atoms with Crippen LogP contribution in [0.3, 0.4) is 0 Å². The predicted molar refractivity (Wildman–Crippen MR) is 70.3 cm³/mol. The van der Waals surface area contributed by atoms with E-state index in [9.17, 15) is 9.18 Å². The van der Waals surface area contributed by atoms with E-state index in [2.05, 4.69) is 10.1 Å². The Bertz CT molecular complexity index is 625. The number of halogens is 1. The molecule has 6 nitrogen and oxygen atoms in total. The van der Waals surface area contributed by atoms with Crippen LogP contribution in [0.25, 0.3) is 0 Å². The van der Waals surface area contributed by atoms with Gasteiger partial charge in [-0.3, -0.25) is 0 Å². The summed E-state index contributed by atoms with van der Waals surface area (Å²) < 4.78 is 20.0. The summed E-state index contributed by atoms with van der Waals surface area (Å²) in [6.45, 7) is 3.85. The molecule has 2 N–H and O–H groups in total. The Labute approximate surface area is 115 Å². The fourth-order valence-corrected chi connectivity index (χ4v) is 1.68. The van der Waals surface area contributed by atoms with Crippen molar-refractivity contribution in [2.45, 2.75) is 26.5 Å². The van der Waals surface area contributed by atoms with Crippen molar-refractivity contribution in [3.05, 3.63) is 41.7 Å². The third kappa shape index (κ3) is 2.93. The molecular weight excluding hydrogens is 263 g/mol. The van der Waals surface area contributed by atoms with Crippen molar-refractivity contribution in [3.8, 4) is 0 Å². The Morgan fingerprint density at radius 2 is 2.25 bits per heavy atom. The van der Waals surface area contributed by atoms with Gasteiger partial charge in [-0.05, 0) is 32.0 Å². The smallest absolute Gasteiger partial charge is 0.338 e. The number of aromatic nitrogens is 3. The van der Waals surface area contributed by atoms with Gasteiger partial charge >= 0.3 is 5.97 Å². The molecular formula is C13H15FN4O2. The van der Waals surface area contributed by atoms with Gasteiger partial charge in [0.15, 0.2) is 12.4 Å². The molecule has 0 amide bonds. The molecule has 0 bridgehead atoms. The maximum Gasteiger partial charge on any atom is 0.338 e. The SMILES string of the molecule is CC(C)n1ncnc1COC(=O)c1ccc(N)c(F)c1. The molecule has 0 aliphatic carbocycles. The lowest BCUT2D eigenvalue weighted by molar-refractivity contribution is 0.0454. The number of nitrogen functional groups attached to an aromatic ring is 1. The zero-order chi connectivity index (χ0) is 14.7. The number of hydrogen-bond donors (Lipinski definition) is 1. The number of anilines is 1. The van der Waals surface area contributed by atoms with E-state index < -0.39 is 11.8 Å². The minimum absolute atomic E-state index is 0.0129. The summed E-state index contributed by atoms with van der Waals surface area (Å²) >= 11 is 0. The van der Waals surface area contributed by atoms with Crippen LogP contribution in [-0.4, -0.2) is 20.7 Å². The topological polar surface area (TPSA) is 83.0 Å². The normalized spacial score (nSPS) is 10.8. The summed E-state index contributed by atoms with van der Waals surface area (Å²) in [6, 6.07) is 3.89. The zero-order valence-corrected chi connectivity index (χ0v) is 11.2. The molecule has 0 saturated carbocycles. The van der Waals surface area contributed by atoms with E-state index >= 15 is 0 Å². The lowest BCUT2D eigenvalue weighted by Crippen LogP contribution is -2.12. The number of carbonyl (C=O) groups excluding carboxylic acids is 1. The van der Waals surface area contributed by atoms with Crippen LogP contribution < -0.4 is 5.73 Å². The van der Waals surface area contributed by atoms with Gasteiger partial charge in [-0.25, -0.2) is 18.9 Å². The van der Waals surface area contributed by atoms with Crippen LogP contribution in [0.2, 0.25) is 0 Å². The summed E-state index contributed by atoms with van der Waals surface area (Å²) in [4.78, 5) is 15.8. The lowest BCUT2D eigenvalue weighted by atomic mass is 10.2. The summed E-state index contributed by atoms with van der Waals surface area (Å²) in [5.74, 6) is -0.753. The van der Waals surface area contributed by atoms with Crippen LogP contribution in [0.1, 0.15) is 36.1 Å². The van der Waals surface area contributed by atoms with Crippen LogP contribution in [0.15, 0.2) is 24.5 Å². The number of rotatable bonds is 4. The molecule has 0 fully saturated rings. The second-order valence-corrected chi connectivity index (χ2v) is 4.53. The average molecular weight is 278 g/mol. The molecule has 0 unspecified atom stereocenters. The molecule has 0 aliphatic rings. The van der Waals surface area contributed by atoms with Gasteiger partial charge in [0, 0.05) is 6.04 Å². The molecule has 0 aliphatic heterocycles. The number of carbonyl (C=O) groups is 1. The van der Waals surface area contributed by atoms with Gasteiger partial charge in [0.1, 0.15) is 12.1 Å². The maximum absolute atomic E-state index is 13.3. The zero-order valence-electron chi connectivity index (χ0n) is 11.2. The standard InChI is InChI=1S/C13H15FN4O2/c1-8(2)18-12(16-7-17-18)6-20-13(19)9-3-4-11(15)10(14)5-9/h3-5,7-8H,6,15H2,1-2H3. The monoisotopic (exact) mass is 278 g/mol. The van der Waals surface area contributed by atoms with Crippen molar-refractivity contribution in [1.82, 2.24) is 14.8 Å². The molecule has 1 aromatic carbocycles. The minimum Gasteiger partial charge on any atom is -0.454 e. The number of nitrogens with two attached hydrogens (primary N) is 1. The molecule has 106 valence electrons. The molecule has 2 rings (SSSR count). The largest absolute Gasteiger partial charge is 0.454 e. The molecule has 1 aromatic heterocycles. The van der Waals surface area contributed by atoms with Crippen molar-refractivity contribution in [2.24, 2.45) is 0 Å². The highest BCUT2D eigenvalue weighted by molar-refractivity contribution is 5.89. The summed E-state index contributed by atoms with van der Waals surface area (Å²) in [5, 5.41) is 4.03. The fourth-order valence-electron chi connectivity index (χ4n) is 1.68. The van der Waals surface area contributed by atoms with E-state index in [0.29, 0.717) is 5.82 Å². The average Bonchev–Trinajstić information content (AvgIpc) is 2.87. The first-order chi connectivity index (χ1) is 9.49. The van der Waals surface area contributed by atoms with Gasteiger partial charge in [-0.15, -0.1) is 0 Å². The van der Waals surface area contributed by atoms with E-state index in [-0.39, 0.29) is 23.9 Å². The van der Waals surface area contributed by atoms with Gasteiger partial charge in [0.25, 0.3) is 0 Å². The highest BCUT2D eigenvalue weighted by atomic mass is 19.1. The third-order valence-electron chi connectivity index (χ3n) is 2.70. The Morgan fingerprint density at radius 3 is 2.90 bits per heavy atom. The summed E-state index contributed by atoms with van der Waals surface area (Å²) in [7, 11) is 0. The number of benzene rings is 1. The van der Waals surface area contributed by atoms with E-state index in [1.54, 1.807) is 4.68 Å². The Kier molecular flexibility index (Phi) is 3.97. The highest BCUT2D eigenvalue weighted by Gasteiger charge is 2.13. The highest BCUT2D eigenvalue weighted by Crippen LogP contribution is 2.14. The number of ether oxygens (including phenoxy) is 1. The van der Waals surface area contributed by atoms with Crippen LogP contribution in [0.5, 0.6) is 0 Å². The molecule has 0 atom stereocenters. The lowest BCUT2D eigenvalue weighted by Gasteiger charge is -2.10. The van der Waals surface area contributed by atoms with Gasteiger partial charge in [0.2, 0.25) is 0 Å². The van der Waals surface area contributed by atoms with Crippen molar-refractivity contribution in [3.63, 3.8) is 0 Å². The second-order valence-electron chi connectivity index (χ2n) is 4.53. The van der Waals surface area contributed by atoms with Gasteiger partial charge < -0.3 is 10.5 Å². The third-order valence-corrected chi connectivity index (χ3v) is 2.70. The molecule has 7 heteroatoms. The summed E-state index contributed by atoms with van der Waals surface area (Å²) in [6.07, 6.45) is 1.39. The van der Waals surface area contributed by atoms with Gasteiger partial charge in [-0.1, -0.05) is 0 Å². The van der Waals surface area contributed by atoms with Crippen LogP contribution >= 0.6 is 0 Å². The molecule has 0 radical (unpaired) electrons. The van der Waals surface area contributed by atoms with Crippen molar-refractivity contribution in [2.75, 3.05) is 5.73 Å². The molecule has 1 heterocycles. The Balaban J connectivity index is 2.05. The van der Waals surface area contributed by atoms with Crippen molar-refractivity contribution < 1.29 is 13.9 Å². The summed E-state index contributed by atoms with van der Waals surface area (Å²) in [5.41, 5.74) is 5.44. The predicted octanol–water partition coefficient (Wildman–Crippen LogP) is 1.94. The molecule has 0 spiro atoms. The van der Waals surface area contributed by atoms with Crippen LogP contribution in [0, 0.1) is 5.82 Å². The van der Waals surface area contributed by atoms with Crippen LogP contribution in [-0.2, 0) is 11.3 Å². The van der Waals surface area contributed by atoms with E-state index in [4.69, 9.17) is 10.5 Å². The molecule has 20 heavy (non-hydrogen) atoms. The first-order valence-electron chi connectivity index (χ1n) is 6.09. The van der Waals surface area contributed by atoms with E-state index in [1.807, 2.05) is 13.8 Å². The first kappa shape index (κ1) is 14.0. The molecule has 0 saturated heterocycles. The quantitative estimate of drug-likeness (QED) is 0.682. The van der Waals surface area contributed by atoms with Crippen molar-refractivity contribution in [1.29, 1.82) is 0 Å². The Hall–Kier alpha value is -2.44. The van der Waals surface area contributed by atoms with Gasteiger partial charge in [0.05, 0.1) is 11.3 Å².